The molecule has 2 saturated carbocycles. The van der Waals surface area contributed by atoms with Gasteiger partial charge in [0.15, 0.2) is 16.9 Å². The van der Waals surface area contributed by atoms with E-state index in [1.807, 2.05) is 59.0 Å². The minimum atomic E-state index is -4.35. The minimum absolute atomic E-state index is 0.0247. The quantitative estimate of drug-likeness (QED) is 0.0148. The molecule has 4 fully saturated rings. The summed E-state index contributed by atoms with van der Waals surface area (Å²) in [5.74, 6) is -5.79. The van der Waals surface area contributed by atoms with Gasteiger partial charge in [0.25, 0.3) is 16.0 Å². The Morgan fingerprint density at radius 1 is 0.898 bits per heavy atom. The Balaban J connectivity index is 0.702. The van der Waals surface area contributed by atoms with E-state index in [1.165, 1.54) is 21.1 Å². The summed E-state index contributed by atoms with van der Waals surface area (Å²) < 4.78 is 64.6. The van der Waals surface area contributed by atoms with Gasteiger partial charge in [-0.3, -0.25) is 38.5 Å². The number of thiazole rings is 1. The lowest BCUT2D eigenvalue weighted by molar-refractivity contribution is -0.238. The van der Waals surface area contributed by atoms with Gasteiger partial charge in [0.1, 0.15) is 30.3 Å². The van der Waals surface area contributed by atoms with Gasteiger partial charge in [0, 0.05) is 80.6 Å². The van der Waals surface area contributed by atoms with Crippen LogP contribution in [0.2, 0.25) is 0 Å². The van der Waals surface area contributed by atoms with Gasteiger partial charge in [0.05, 0.1) is 72.7 Å². The van der Waals surface area contributed by atoms with Gasteiger partial charge < -0.3 is 74.6 Å². The number of carboxylic acid groups (broad SMARTS) is 3. The Labute approximate surface area is 628 Å². The average Bonchev–Trinajstić information content (AvgIpc) is 0.865. The van der Waals surface area contributed by atoms with E-state index in [9.17, 15) is 67.2 Å². The van der Waals surface area contributed by atoms with Crippen molar-refractivity contribution < 1.29 is 101 Å². The zero-order chi connectivity index (χ0) is 77.4. The molecule has 10 atom stereocenters. The Kier molecular flexibility index (Phi) is 25.2. The number of fused-ring (bicyclic) bond motifs is 4. The molecule has 5 aliphatic rings. The summed E-state index contributed by atoms with van der Waals surface area (Å²) in [6.45, 7) is 9.19. The van der Waals surface area contributed by atoms with E-state index in [0.717, 1.165) is 59.1 Å². The van der Waals surface area contributed by atoms with Crippen LogP contribution < -0.4 is 25.6 Å². The van der Waals surface area contributed by atoms with Gasteiger partial charge in [0.2, 0.25) is 24.0 Å². The van der Waals surface area contributed by atoms with E-state index < -0.39 is 132 Å². The van der Waals surface area contributed by atoms with Crippen molar-refractivity contribution in [3.8, 4) is 16.9 Å². The van der Waals surface area contributed by atoms with Crippen LogP contribution in [0.25, 0.3) is 21.3 Å². The second-order valence-corrected chi connectivity index (χ2v) is 32.3. The number of hydrogen-bond acceptors (Lipinski definition) is 22. The molecule has 3 aromatic carbocycles. The Morgan fingerprint density at radius 3 is 2.44 bits per heavy atom. The van der Waals surface area contributed by atoms with Crippen molar-refractivity contribution in [1.82, 2.24) is 40.2 Å². The van der Waals surface area contributed by atoms with Crippen LogP contribution in [0.3, 0.4) is 0 Å². The molecule has 4 unspecified atom stereocenters. The summed E-state index contributed by atoms with van der Waals surface area (Å²) in [5, 5.41) is 64.9. The van der Waals surface area contributed by atoms with E-state index in [1.54, 1.807) is 43.6 Å². The molecule has 0 radical (unpaired) electrons. The number of nitrogens with zero attached hydrogens (tertiary/aromatic N) is 7. The molecule has 2 saturated heterocycles. The fourth-order valence-electron chi connectivity index (χ4n) is 16.4. The average molecular weight is 1540 g/mol. The van der Waals surface area contributed by atoms with Gasteiger partial charge in [-0.25, -0.2) is 24.4 Å². The number of unbranched alkanes of at least 4 members (excludes halogenated alkanes) is 1. The minimum Gasteiger partial charge on any atom is -0.481 e. The van der Waals surface area contributed by atoms with Crippen LogP contribution in [-0.4, -0.2) is 217 Å². The number of aromatic carboxylic acids is 1. The molecule has 5 amide bonds. The van der Waals surface area contributed by atoms with Gasteiger partial charge in [-0.2, -0.15) is 13.5 Å². The third-order valence-corrected chi connectivity index (χ3v) is 22.8. The number of benzene rings is 3. The number of anilines is 2. The number of aliphatic hydroxyl groups is 2. The second-order valence-electron chi connectivity index (χ2n) is 29.7. The maximum atomic E-state index is 13.9. The monoisotopic (exact) mass is 1530 g/mol. The van der Waals surface area contributed by atoms with Crippen LogP contribution in [-0.2, 0) is 85.6 Å². The normalized spacial score (nSPS) is 24.0. The summed E-state index contributed by atoms with van der Waals surface area (Å²) in [6, 6.07) is 20.1. The van der Waals surface area contributed by atoms with Crippen molar-refractivity contribution in [1.29, 1.82) is 0 Å². The molecule has 33 heteroatoms. The van der Waals surface area contributed by atoms with E-state index in [0.29, 0.717) is 96.4 Å². The Bertz CT molecular complexity index is 4430. The van der Waals surface area contributed by atoms with Crippen LogP contribution in [0.1, 0.15) is 147 Å². The first-order valence-electron chi connectivity index (χ1n) is 36.3. The molecule has 2 aliphatic carbocycles. The zero-order valence-corrected chi connectivity index (χ0v) is 62.6. The van der Waals surface area contributed by atoms with Crippen LogP contribution in [0.15, 0.2) is 79.0 Å². The Morgan fingerprint density at radius 2 is 1.69 bits per heavy atom. The number of carbonyl (C=O) groups excluding carboxylic acids is 5. The SMILES string of the molecule is CCC1(Cn2ncc(-c3ccc(N4CCc5cccc(C(=O)Nc6nc7ccccc7s6)c5C4)nc3C(=O)O)c2C)CC2(C)CC(C)CC(OCCN(C)C(=O)OCc3ccc(CCCCNC(=O)CN4C(=O)[C@@H](NC(=O)CCC(=O)O)C[C@H]4COCCS(=O)(=O)O)cc3O[C@@H]3O[C@H](C(=O)O)C[C@H](O)[C@H]3O)(C2)C1. The lowest BCUT2D eigenvalue weighted by Gasteiger charge is -2.59. The van der Waals surface area contributed by atoms with Crippen molar-refractivity contribution in [2.45, 2.75) is 180 Å². The maximum Gasteiger partial charge on any atom is 0.409 e. The summed E-state index contributed by atoms with van der Waals surface area (Å²) in [6.07, 6.45) is 0.319. The van der Waals surface area contributed by atoms with Crippen molar-refractivity contribution in [2.24, 2.45) is 16.7 Å². The van der Waals surface area contributed by atoms with Crippen molar-refractivity contribution in [2.75, 3.05) is 69.0 Å². The highest BCUT2D eigenvalue weighted by Crippen LogP contribution is 2.61. The number of carbonyl (C=O) groups is 8. The smallest absolute Gasteiger partial charge is 0.409 e. The third-order valence-electron chi connectivity index (χ3n) is 21.2. The van der Waals surface area contributed by atoms with Gasteiger partial charge in [-0.15, -0.1) is 0 Å². The molecule has 0 spiro atoms. The number of aryl methyl sites for hydroxylation is 1. The standard InChI is InChI=1S/C75H94N10O21S2/c1-6-74(43-85-45(3)52(35-77-85)50-19-20-60(80-64(50)69(96)97)83-25-23-47-13-11-14-51(53(47)36-83)66(92)81-71-79-54-15-7-8-16-59(54)107-71)40-73(4)33-44(2)34-75(41-73,42-74)104-27-26-82(5)72(98)103-38-48-18-17-46(30-57(48)105-70-65(91)56(86)32-58(106-70)68(94)95)12-9-10-24-76-62(88)37-84-49(39-102-28-29-108(99,100)101)31-55(67(84)93)78-61(87)21-22-63(89)90/h7-8,11,13-20,30,35,44,49,55-56,58,65,70,86,91H,6,9-10,12,21-29,31-34,36-43H2,1-5H3,(H,76,88)(H,78,87)(H,89,90)(H,94,95)(H,96,97)(H,79,81,92)(H,99,100,101)/t44?,49-,55-,56-,58-,65+,70+,73?,74?,75?/m0/s1. The first-order valence-corrected chi connectivity index (χ1v) is 38.8. The predicted octanol–water partition coefficient (Wildman–Crippen LogP) is 7.01. The highest BCUT2D eigenvalue weighted by atomic mass is 32.2. The molecular formula is C75H94N10O21S2. The van der Waals surface area contributed by atoms with Crippen LogP contribution in [0.5, 0.6) is 5.75 Å². The molecule has 6 aromatic rings. The number of rotatable bonds is 33. The lowest BCUT2D eigenvalue weighted by atomic mass is 9.50. The lowest BCUT2D eigenvalue weighted by Crippen LogP contribution is -2.56. The fraction of sp³-hybridized carbons (Fsp3) is 0.533. The number of nitrogens with one attached hydrogen (secondary N) is 3. The predicted molar refractivity (Wildman–Crippen MR) is 393 cm³/mol. The van der Waals surface area contributed by atoms with E-state index in [2.05, 4.69) is 41.7 Å². The summed E-state index contributed by atoms with van der Waals surface area (Å²) in [4.78, 5) is 117. The zero-order valence-electron chi connectivity index (χ0n) is 61.0. The van der Waals surface area contributed by atoms with Crippen molar-refractivity contribution in [3.63, 3.8) is 0 Å². The maximum absolute atomic E-state index is 13.9. The number of amides is 5. The number of hydrogen-bond donors (Lipinski definition) is 9. The second kappa shape index (κ2) is 34.1. The van der Waals surface area contributed by atoms with Gasteiger partial charge in [-0.05, 0) is 147 Å². The fourth-order valence-corrected chi connectivity index (χ4v) is 17.6. The Hall–Kier alpha value is -9.22. The first kappa shape index (κ1) is 79.8. The van der Waals surface area contributed by atoms with Gasteiger partial charge in [-0.1, -0.05) is 68.5 Å². The van der Waals surface area contributed by atoms with Gasteiger partial charge >= 0.3 is 24.0 Å². The molecule has 3 aliphatic heterocycles. The number of aromatic nitrogens is 4. The first-order chi connectivity index (χ1) is 51.4. The molecule has 582 valence electrons. The highest BCUT2D eigenvalue weighted by molar-refractivity contribution is 7.85. The molecule has 6 heterocycles. The third kappa shape index (κ3) is 19.6. The van der Waals surface area contributed by atoms with E-state index in [-0.39, 0.29) is 67.5 Å². The van der Waals surface area contributed by atoms with Crippen molar-refractivity contribution >= 4 is 90.3 Å². The number of pyridine rings is 1. The van der Waals surface area contributed by atoms with Crippen LogP contribution in [0.4, 0.5) is 15.7 Å². The number of aliphatic hydroxyl groups excluding tert-OH is 2. The number of likely N-dealkylation sites (N-methyl/N-ethyl adjacent to an activating group) is 1. The van der Waals surface area contributed by atoms with E-state index >= 15 is 0 Å². The summed E-state index contributed by atoms with van der Waals surface area (Å²) in [5.41, 5.74) is 4.98. The van der Waals surface area contributed by atoms with Crippen LogP contribution in [0, 0.1) is 23.7 Å². The topological polar surface area (TPSA) is 428 Å². The molecule has 31 nitrogen and oxygen atoms in total. The summed E-state index contributed by atoms with van der Waals surface area (Å²) >= 11 is 1.40. The number of para-hydroxylation sites is 1. The highest BCUT2D eigenvalue weighted by Gasteiger charge is 2.57. The van der Waals surface area contributed by atoms with Crippen molar-refractivity contribution in [3.05, 3.63) is 118 Å². The number of likely N-dealkylation sites (tertiary alicyclic amines) is 1. The number of carboxylic acids is 3. The molecule has 108 heavy (non-hydrogen) atoms. The molecule has 9 N–H and O–H groups in total. The number of ether oxygens (including phenoxy) is 5. The molecular weight excluding hydrogens is 1440 g/mol. The van der Waals surface area contributed by atoms with Crippen LogP contribution >= 0.6 is 11.3 Å². The summed E-state index contributed by atoms with van der Waals surface area (Å²) in [7, 11) is -2.76. The van der Waals surface area contributed by atoms with E-state index in [4.69, 9.17) is 43.4 Å². The molecule has 11 rings (SSSR count). The molecule has 3 aromatic heterocycles. The number of aliphatic carboxylic acids is 2. The largest absolute Gasteiger partial charge is 0.481 e. The molecule has 2 bridgehead atoms.